The number of nitrogens with one attached hydrogen (secondary N) is 1. The third-order valence-electron chi connectivity index (χ3n) is 5.55. The van der Waals surface area contributed by atoms with Crippen LogP contribution in [0.15, 0.2) is 28.7 Å². The van der Waals surface area contributed by atoms with Gasteiger partial charge in [-0.25, -0.2) is 9.59 Å². The number of carbonyl (C=O) groups excluding carboxylic acids is 3. The SMILES string of the molecule is CCOC(=O)c1sc(NC(=O)c2ccc(COc3cc(C)c(Cl)cc3C(C)C)o2)c(C(=O)OC(C)C)c1C. The average Bonchev–Trinajstić information content (AvgIpc) is 3.43. The summed E-state index contributed by atoms with van der Waals surface area (Å²) in [6.07, 6.45) is -0.385. The van der Waals surface area contributed by atoms with Crippen LogP contribution in [0.25, 0.3) is 0 Å². The van der Waals surface area contributed by atoms with Gasteiger partial charge < -0.3 is 23.9 Å². The molecule has 0 unspecified atom stereocenters. The van der Waals surface area contributed by atoms with Gasteiger partial charge in [-0.1, -0.05) is 25.4 Å². The van der Waals surface area contributed by atoms with E-state index in [1.807, 2.05) is 32.9 Å². The number of esters is 2. The van der Waals surface area contributed by atoms with Crippen molar-refractivity contribution in [1.82, 2.24) is 0 Å². The molecule has 204 valence electrons. The van der Waals surface area contributed by atoms with Gasteiger partial charge in [0.1, 0.15) is 28.0 Å². The van der Waals surface area contributed by atoms with Crippen LogP contribution in [-0.4, -0.2) is 30.6 Å². The Morgan fingerprint density at radius 3 is 2.42 bits per heavy atom. The summed E-state index contributed by atoms with van der Waals surface area (Å²) >= 11 is 7.23. The summed E-state index contributed by atoms with van der Waals surface area (Å²) < 4.78 is 22.1. The Morgan fingerprint density at radius 1 is 1.08 bits per heavy atom. The maximum atomic E-state index is 13.0. The highest BCUT2D eigenvalue weighted by Gasteiger charge is 2.28. The second kappa shape index (κ2) is 12.5. The summed E-state index contributed by atoms with van der Waals surface area (Å²) in [6, 6.07) is 6.94. The molecular weight excluding hydrogens is 530 g/mol. The number of rotatable bonds is 10. The molecule has 0 spiro atoms. The molecule has 8 nitrogen and oxygen atoms in total. The van der Waals surface area contributed by atoms with Crippen LogP contribution in [0.1, 0.15) is 93.6 Å². The Labute approximate surface area is 231 Å². The van der Waals surface area contributed by atoms with Gasteiger partial charge in [0, 0.05) is 5.02 Å². The molecule has 3 rings (SSSR count). The van der Waals surface area contributed by atoms with Crippen LogP contribution in [0, 0.1) is 13.8 Å². The Morgan fingerprint density at radius 2 is 1.79 bits per heavy atom. The van der Waals surface area contributed by atoms with Crippen molar-refractivity contribution >= 4 is 45.8 Å². The minimum absolute atomic E-state index is 0.0203. The summed E-state index contributed by atoms with van der Waals surface area (Å²) in [4.78, 5) is 38.4. The van der Waals surface area contributed by atoms with Gasteiger partial charge in [-0.3, -0.25) is 4.79 Å². The third kappa shape index (κ3) is 6.76. The van der Waals surface area contributed by atoms with Crippen molar-refractivity contribution in [2.24, 2.45) is 0 Å². The minimum atomic E-state index is -0.646. The van der Waals surface area contributed by atoms with Gasteiger partial charge in [-0.2, -0.15) is 0 Å². The molecule has 10 heteroatoms. The first kappa shape index (κ1) is 29.3. The molecular formula is C28H32ClNO7S. The number of benzene rings is 1. The largest absolute Gasteiger partial charge is 0.485 e. The second-order valence-electron chi connectivity index (χ2n) is 9.24. The van der Waals surface area contributed by atoms with Crippen LogP contribution in [0.2, 0.25) is 5.02 Å². The maximum absolute atomic E-state index is 13.0. The van der Waals surface area contributed by atoms with Crippen LogP contribution in [0.3, 0.4) is 0 Å². The lowest BCUT2D eigenvalue weighted by Gasteiger charge is -2.15. The lowest BCUT2D eigenvalue weighted by atomic mass is 10.0. The summed E-state index contributed by atoms with van der Waals surface area (Å²) in [6.45, 7) is 13.0. The van der Waals surface area contributed by atoms with Crippen LogP contribution in [0.5, 0.6) is 5.75 Å². The zero-order valence-corrected chi connectivity index (χ0v) is 24.1. The number of halogens is 1. The monoisotopic (exact) mass is 561 g/mol. The molecule has 1 amide bonds. The first-order valence-corrected chi connectivity index (χ1v) is 13.5. The van der Waals surface area contributed by atoms with Crippen LogP contribution < -0.4 is 10.1 Å². The molecule has 0 atom stereocenters. The molecule has 0 bridgehead atoms. The normalized spacial score (nSPS) is 11.1. The van der Waals surface area contributed by atoms with Gasteiger partial charge >= 0.3 is 11.9 Å². The van der Waals surface area contributed by atoms with Gasteiger partial charge in [0.15, 0.2) is 5.76 Å². The molecule has 0 aliphatic rings. The molecule has 1 N–H and O–H groups in total. The molecule has 1 aromatic carbocycles. The molecule has 0 radical (unpaired) electrons. The number of ether oxygens (including phenoxy) is 3. The Hall–Kier alpha value is -3.30. The van der Waals surface area contributed by atoms with E-state index < -0.39 is 17.8 Å². The van der Waals surface area contributed by atoms with Gasteiger partial charge in [0.2, 0.25) is 0 Å². The predicted molar refractivity (Wildman–Crippen MR) is 147 cm³/mol. The van der Waals surface area contributed by atoms with E-state index in [-0.39, 0.29) is 46.4 Å². The van der Waals surface area contributed by atoms with E-state index in [1.54, 1.807) is 33.8 Å². The Balaban J connectivity index is 1.80. The van der Waals surface area contributed by atoms with E-state index in [4.69, 9.17) is 30.2 Å². The fourth-order valence-corrected chi connectivity index (χ4v) is 4.91. The number of thiophene rings is 1. The molecule has 0 saturated carbocycles. The number of aryl methyl sites for hydroxylation is 1. The van der Waals surface area contributed by atoms with E-state index in [9.17, 15) is 14.4 Å². The summed E-state index contributed by atoms with van der Waals surface area (Å²) in [5.41, 5.74) is 2.35. The number of anilines is 1. The average molecular weight is 562 g/mol. The highest BCUT2D eigenvalue weighted by atomic mass is 35.5. The molecule has 2 heterocycles. The molecule has 0 aliphatic heterocycles. The standard InChI is InChI=1S/C28H32ClNO7S/c1-8-34-28(33)24-17(7)23(27(32)36-15(4)5)26(38-24)30-25(31)21-10-9-18(37-21)13-35-22-11-16(6)20(29)12-19(22)14(2)3/h9-12,14-15H,8,13H2,1-7H3,(H,30,31). The van der Waals surface area contributed by atoms with Crippen LogP contribution in [0.4, 0.5) is 5.00 Å². The van der Waals surface area contributed by atoms with Crippen LogP contribution in [-0.2, 0) is 16.1 Å². The third-order valence-corrected chi connectivity index (χ3v) is 7.14. The molecule has 3 aromatic rings. The Kier molecular flexibility index (Phi) is 9.62. The van der Waals surface area contributed by atoms with Gasteiger partial charge in [0.05, 0.1) is 18.3 Å². The second-order valence-corrected chi connectivity index (χ2v) is 10.7. The van der Waals surface area contributed by atoms with Crippen molar-refractivity contribution in [3.63, 3.8) is 0 Å². The van der Waals surface area contributed by atoms with Crippen LogP contribution >= 0.6 is 22.9 Å². The number of hydrogen-bond donors (Lipinski definition) is 1. The van der Waals surface area contributed by atoms with Crippen molar-refractivity contribution in [3.05, 3.63) is 67.9 Å². The molecule has 0 aliphatic carbocycles. The number of furan rings is 1. The molecule has 2 aromatic heterocycles. The first-order valence-electron chi connectivity index (χ1n) is 12.3. The van der Waals surface area contributed by atoms with E-state index in [0.717, 1.165) is 22.5 Å². The Bertz CT molecular complexity index is 1340. The highest BCUT2D eigenvalue weighted by Crippen LogP contribution is 2.35. The fourth-order valence-electron chi connectivity index (χ4n) is 3.65. The fraction of sp³-hybridized carbons (Fsp3) is 0.393. The first-order chi connectivity index (χ1) is 17.9. The molecule has 38 heavy (non-hydrogen) atoms. The van der Waals surface area contributed by atoms with Gasteiger partial charge in [-0.15, -0.1) is 11.3 Å². The van der Waals surface area contributed by atoms with E-state index >= 15 is 0 Å². The number of hydrogen-bond acceptors (Lipinski definition) is 8. The summed E-state index contributed by atoms with van der Waals surface area (Å²) in [5.74, 6) is -0.461. The van der Waals surface area contributed by atoms with Crippen molar-refractivity contribution in [3.8, 4) is 5.75 Å². The van der Waals surface area contributed by atoms with E-state index in [2.05, 4.69) is 5.32 Å². The topological polar surface area (TPSA) is 104 Å². The van der Waals surface area contributed by atoms with Crippen molar-refractivity contribution in [2.45, 2.75) is 67.1 Å². The number of amides is 1. The van der Waals surface area contributed by atoms with Gasteiger partial charge in [-0.05, 0) is 81.5 Å². The molecule has 0 fully saturated rings. The summed E-state index contributed by atoms with van der Waals surface area (Å²) in [5, 5.41) is 3.53. The highest BCUT2D eigenvalue weighted by molar-refractivity contribution is 7.18. The van der Waals surface area contributed by atoms with Crippen molar-refractivity contribution < 1.29 is 33.0 Å². The smallest absolute Gasteiger partial charge is 0.348 e. The zero-order valence-electron chi connectivity index (χ0n) is 22.5. The maximum Gasteiger partial charge on any atom is 0.348 e. The lowest BCUT2D eigenvalue weighted by molar-refractivity contribution is 0.0379. The van der Waals surface area contributed by atoms with E-state index in [0.29, 0.717) is 22.1 Å². The predicted octanol–water partition coefficient (Wildman–Crippen LogP) is 7.31. The van der Waals surface area contributed by atoms with Crippen molar-refractivity contribution in [2.75, 3.05) is 11.9 Å². The minimum Gasteiger partial charge on any atom is -0.485 e. The van der Waals surface area contributed by atoms with Gasteiger partial charge in [0.25, 0.3) is 5.91 Å². The van der Waals surface area contributed by atoms with Crippen molar-refractivity contribution in [1.29, 1.82) is 0 Å². The lowest BCUT2D eigenvalue weighted by Crippen LogP contribution is -2.16. The molecule has 0 saturated heterocycles. The zero-order chi connectivity index (χ0) is 28.1. The quantitative estimate of drug-likeness (QED) is 0.259. The van der Waals surface area contributed by atoms with E-state index in [1.165, 1.54) is 6.07 Å². The summed E-state index contributed by atoms with van der Waals surface area (Å²) in [7, 11) is 0. The number of carbonyl (C=O) groups is 3.